The van der Waals surface area contributed by atoms with Gasteiger partial charge in [0.2, 0.25) is 17.6 Å². The van der Waals surface area contributed by atoms with Crippen molar-refractivity contribution in [1.29, 1.82) is 0 Å². The Balaban J connectivity index is 1.48. The summed E-state index contributed by atoms with van der Waals surface area (Å²) in [7, 11) is 0. The van der Waals surface area contributed by atoms with Gasteiger partial charge in [0.25, 0.3) is 5.91 Å². The molecular weight excluding hydrogens is 503 g/mol. The Labute approximate surface area is 215 Å². The molecule has 2 atom stereocenters. The summed E-state index contributed by atoms with van der Waals surface area (Å²) in [5, 5.41) is 11.8. The summed E-state index contributed by atoms with van der Waals surface area (Å²) in [5.74, 6) is -3.32. The van der Waals surface area contributed by atoms with E-state index in [1.165, 1.54) is 23.1 Å². The van der Waals surface area contributed by atoms with E-state index >= 15 is 0 Å². The van der Waals surface area contributed by atoms with E-state index in [1.807, 2.05) is 0 Å². The van der Waals surface area contributed by atoms with Gasteiger partial charge in [0.15, 0.2) is 0 Å². The predicted octanol–water partition coefficient (Wildman–Crippen LogP) is 3.13. The van der Waals surface area contributed by atoms with Gasteiger partial charge in [-0.2, -0.15) is 13.2 Å². The standard InChI is InChI=1S/C26H26F3N5O4/c1-2-3-8-22(35)33-14-18(24(37)32-38)20(15-33)30-23(36)17-11-9-16(10-12-17)13-34-21-7-5-4-6-19(21)31-25(34)26(27,28)29/h2,4-7,9-12,18,20,38H,1,3,8,13-15H2,(H,30,36)(H,32,37)/t18-,20+/m0/s1. The third kappa shape index (κ3) is 5.70. The maximum atomic E-state index is 13.6. The van der Waals surface area contributed by atoms with Gasteiger partial charge in [0.1, 0.15) is 0 Å². The summed E-state index contributed by atoms with van der Waals surface area (Å²) in [5.41, 5.74) is 2.88. The van der Waals surface area contributed by atoms with Crippen LogP contribution < -0.4 is 10.8 Å². The average Bonchev–Trinajstić information content (AvgIpc) is 3.49. The van der Waals surface area contributed by atoms with Crippen LogP contribution in [0.3, 0.4) is 0 Å². The van der Waals surface area contributed by atoms with Gasteiger partial charge in [0, 0.05) is 31.6 Å². The molecule has 0 radical (unpaired) electrons. The first-order valence-corrected chi connectivity index (χ1v) is 11.9. The SMILES string of the molecule is C=CCCC(=O)N1C[C@H](C(=O)NO)[C@H](NC(=O)c2ccc(Cn3c(C(F)(F)F)nc4ccccc43)cc2)C1. The van der Waals surface area contributed by atoms with Gasteiger partial charge in [-0.05, 0) is 36.2 Å². The molecule has 200 valence electrons. The van der Waals surface area contributed by atoms with Crippen molar-refractivity contribution in [1.82, 2.24) is 25.2 Å². The van der Waals surface area contributed by atoms with Crippen LogP contribution >= 0.6 is 0 Å². The van der Waals surface area contributed by atoms with Crippen LogP contribution in [0.2, 0.25) is 0 Å². The lowest BCUT2D eigenvalue weighted by molar-refractivity contribution is -0.146. The van der Waals surface area contributed by atoms with Crippen molar-refractivity contribution in [3.8, 4) is 0 Å². The second kappa shape index (κ2) is 11.1. The number of likely N-dealkylation sites (tertiary alicyclic amines) is 1. The van der Waals surface area contributed by atoms with Crippen LogP contribution in [0.1, 0.15) is 34.6 Å². The van der Waals surface area contributed by atoms with E-state index in [4.69, 9.17) is 5.21 Å². The van der Waals surface area contributed by atoms with E-state index in [0.717, 1.165) is 4.57 Å². The highest BCUT2D eigenvalue weighted by Gasteiger charge is 2.40. The van der Waals surface area contributed by atoms with Crippen LogP contribution in [-0.4, -0.2) is 56.5 Å². The molecule has 0 aliphatic carbocycles. The van der Waals surface area contributed by atoms with Crippen LogP contribution in [0.4, 0.5) is 13.2 Å². The zero-order valence-electron chi connectivity index (χ0n) is 20.2. The van der Waals surface area contributed by atoms with E-state index < -0.39 is 35.8 Å². The number of allylic oxidation sites excluding steroid dienone is 1. The molecule has 9 nitrogen and oxygen atoms in total. The number of hydrogen-bond donors (Lipinski definition) is 3. The highest BCUT2D eigenvalue weighted by molar-refractivity contribution is 5.95. The number of alkyl halides is 3. The molecular formula is C26H26F3N5O4. The molecule has 38 heavy (non-hydrogen) atoms. The molecule has 0 spiro atoms. The van der Waals surface area contributed by atoms with Crippen LogP contribution in [0.15, 0.2) is 61.2 Å². The van der Waals surface area contributed by atoms with Crippen molar-refractivity contribution in [3.63, 3.8) is 0 Å². The maximum Gasteiger partial charge on any atom is 0.449 e. The minimum Gasteiger partial charge on any atom is -0.347 e. The lowest BCUT2D eigenvalue weighted by Gasteiger charge is -2.18. The van der Waals surface area contributed by atoms with Gasteiger partial charge in [-0.3, -0.25) is 19.6 Å². The molecule has 1 saturated heterocycles. The largest absolute Gasteiger partial charge is 0.449 e. The Morgan fingerprint density at radius 1 is 1.11 bits per heavy atom. The maximum absolute atomic E-state index is 13.6. The fourth-order valence-electron chi connectivity index (χ4n) is 4.53. The summed E-state index contributed by atoms with van der Waals surface area (Å²) >= 11 is 0. The molecule has 3 N–H and O–H groups in total. The van der Waals surface area contributed by atoms with Crippen molar-refractivity contribution >= 4 is 28.8 Å². The Morgan fingerprint density at radius 2 is 1.82 bits per heavy atom. The molecule has 3 aromatic rings. The molecule has 1 aromatic heterocycles. The van der Waals surface area contributed by atoms with Crippen LogP contribution in [0.25, 0.3) is 11.0 Å². The van der Waals surface area contributed by atoms with E-state index in [2.05, 4.69) is 16.9 Å². The molecule has 0 bridgehead atoms. The van der Waals surface area contributed by atoms with Crippen LogP contribution in [0.5, 0.6) is 0 Å². The summed E-state index contributed by atoms with van der Waals surface area (Å²) in [6, 6.07) is 11.6. The lowest BCUT2D eigenvalue weighted by atomic mass is 10.0. The number of nitrogens with one attached hydrogen (secondary N) is 2. The van der Waals surface area contributed by atoms with Gasteiger partial charge in [0.05, 0.1) is 23.0 Å². The average molecular weight is 530 g/mol. The van der Waals surface area contributed by atoms with Crippen molar-refractivity contribution in [2.45, 2.75) is 31.6 Å². The predicted molar refractivity (Wildman–Crippen MR) is 131 cm³/mol. The van der Waals surface area contributed by atoms with Gasteiger partial charge in [-0.25, -0.2) is 10.5 Å². The minimum absolute atomic E-state index is 0.0344. The van der Waals surface area contributed by atoms with E-state index in [9.17, 15) is 27.6 Å². The second-order valence-electron chi connectivity index (χ2n) is 8.99. The second-order valence-corrected chi connectivity index (χ2v) is 8.99. The number of nitrogens with zero attached hydrogens (tertiary/aromatic N) is 3. The van der Waals surface area contributed by atoms with Crippen LogP contribution in [-0.2, 0) is 22.3 Å². The van der Waals surface area contributed by atoms with E-state index in [1.54, 1.807) is 41.9 Å². The normalized spacial score (nSPS) is 17.4. The highest BCUT2D eigenvalue weighted by Crippen LogP contribution is 2.32. The topological polar surface area (TPSA) is 117 Å². The van der Waals surface area contributed by atoms with Crippen LogP contribution in [0, 0.1) is 5.92 Å². The van der Waals surface area contributed by atoms with Gasteiger partial charge in [-0.1, -0.05) is 30.3 Å². The number of hydroxylamine groups is 1. The summed E-state index contributed by atoms with van der Waals surface area (Å²) < 4.78 is 41.9. The molecule has 4 rings (SSSR count). The number of carbonyl (C=O) groups excluding carboxylic acids is 3. The molecule has 0 unspecified atom stereocenters. The van der Waals surface area contributed by atoms with Gasteiger partial charge < -0.3 is 14.8 Å². The monoisotopic (exact) mass is 529 g/mol. The number of fused-ring (bicyclic) bond motifs is 1. The number of aromatic nitrogens is 2. The number of benzene rings is 2. The quantitative estimate of drug-likeness (QED) is 0.236. The van der Waals surface area contributed by atoms with E-state index in [0.29, 0.717) is 17.5 Å². The van der Waals surface area contributed by atoms with Crippen molar-refractivity contribution in [3.05, 3.63) is 78.1 Å². The number of para-hydroxylation sites is 2. The first-order valence-electron chi connectivity index (χ1n) is 11.9. The Kier molecular flexibility index (Phi) is 7.81. The summed E-state index contributed by atoms with van der Waals surface area (Å²) in [4.78, 5) is 42.6. The van der Waals surface area contributed by atoms with Crippen molar-refractivity contribution in [2.24, 2.45) is 5.92 Å². The summed E-state index contributed by atoms with van der Waals surface area (Å²) in [6.07, 6.45) is -2.36. The molecule has 2 aromatic carbocycles. The highest BCUT2D eigenvalue weighted by atomic mass is 19.4. The lowest BCUT2D eigenvalue weighted by Crippen LogP contribution is -2.45. The molecule has 12 heteroatoms. The zero-order valence-corrected chi connectivity index (χ0v) is 20.2. The molecule has 2 heterocycles. The molecule has 1 aliphatic rings. The van der Waals surface area contributed by atoms with Gasteiger partial charge >= 0.3 is 6.18 Å². The van der Waals surface area contributed by atoms with Crippen molar-refractivity contribution < 1.29 is 32.8 Å². The molecule has 0 saturated carbocycles. The number of hydrogen-bond acceptors (Lipinski definition) is 5. The number of amides is 3. The molecule has 1 aliphatic heterocycles. The molecule has 1 fully saturated rings. The summed E-state index contributed by atoms with van der Waals surface area (Å²) in [6.45, 7) is 3.59. The first-order chi connectivity index (χ1) is 18.1. The van der Waals surface area contributed by atoms with Gasteiger partial charge in [-0.15, -0.1) is 6.58 Å². The van der Waals surface area contributed by atoms with Crippen molar-refractivity contribution in [2.75, 3.05) is 13.1 Å². The minimum atomic E-state index is -4.64. The number of carbonyl (C=O) groups is 3. The zero-order chi connectivity index (χ0) is 27.4. The fourth-order valence-corrected chi connectivity index (χ4v) is 4.53. The smallest absolute Gasteiger partial charge is 0.347 e. The van der Waals surface area contributed by atoms with E-state index in [-0.39, 0.29) is 43.0 Å². The number of halogens is 3. The Hall–Kier alpha value is -4.19. The Bertz CT molecular complexity index is 1350. The number of imidazole rings is 1. The Morgan fingerprint density at radius 3 is 2.47 bits per heavy atom. The first kappa shape index (κ1) is 26.9. The fraction of sp³-hybridized carbons (Fsp3) is 0.308. The third-order valence-electron chi connectivity index (χ3n) is 6.46. The third-order valence-corrected chi connectivity index (χ3v) is 6.46. The molecule has 3 amide bonds. The number of rotatable bonds is 8.